The molecule has 0 radical (unpaired) electrons. The van der Waals surface area contributed by atoms with Crippen molar-refractivity contribution in [2.45, 2.75) is 32.9 Å². The first-order valence-corrected chi connectivity index (χ1v) is 7.59. The molecule has 0 fully saturated rings. The highest BCUT2D eigenvalue weighted by molar-refractivity contribution is 6.82. The highest BCUT2D eigenvalue weighted by Crippen LogP contribution is 2.04. The van der Waals surface area contributed by atoms with Crippen LogP contribution in [-0.2, 0) is 9.53 Å². The third-order valence-corrected chi connectivity index (χ3v) is 3.61. The first-order valence-electron chi connectivity index (χ1n) is 4.31. The Morgan fingerprint density at radius 1 is 1.58 bits per heavy atom. The van der Waals surface area contributed by atoms with Crippen LogP contribution in [0.2, 0.25) is 13.1 Å². The van der Waals surface area contributed by atoms with E-state index >= 15 is 0 Å². The summed E-state index contributed by atoms with van der Waals surface area (Å²) in [7, 11) is -1.45. The van der Waals surface area contributed by atoms with Crippen LogP contribution >= 0.6 is 0 Å². The first kappa shape index (κ1) is 11.4. The Balaban J connectivity index is 3.67. The maximum absolute atomic E-state index is 11.0. The fourth-order valence-electron chi connectivity index (χ4n) is 0.602. The number of carbonyl (C=O) groups excluding carboxylic acids is 1. The van der Waals surface area contributed by atoms with Crippen LogP contribution in [0, 0.1) is 0 Å². The van der Waals surface area contributed by atoms with E-state index in [1.165, 1.54) is 0 Å². The number of hydrogen-bond acceptors (Lipinski definition) is 2. The van der Waals surface area contributed by atoms with Gasteiger partial charge in [-0.3, -0.25) is 4.79 Å². The van der Waals surface area contributed by atoms with Gasteiger partial charge >= 0.3 is 5.97 Å². The Hall–Kier alpha value is -0.573. The molecular weight excluding hydrogens is 168 g/mol. The van der Waals surface area contributed by atoms with Gasteiger partial charge in [-0.05, 0) is 6.42 Å². The molecule has 0 aromatic heterocycles. The molecule has 0 spiro atoms. The summed E-state index contributed by atoms with van der Waals surface area (Å²) in [4.78, 5) is 11.0. The molecular formula is C9H18O2Si. The highest BCUT2D eigenvalue weighted by atomic mass is 28.3. The van der Waals surface area contributed by atoms with Gasteiger partial charge in [0.1, 0.15) is 8.07 Å². The number of rotatable bonds is 5. The molecule has 0 saturated heterocycles. The average Bonchev–Trinajstić information content (AvgIpc) is 2.02. The molecule has 0 bridgehead atoms. The largest absolute Gasteiger partial charge is 0.469 e. The molecule has 0 atom stereocenters. The summed E-state index contributed by atoms with van der Waals surface area (Å²) in [6, 6.07) is 0. The van der Waals surface area contributed by atoms with E-state index < -0.39 is 8.07 Å². The summed E-state index contributed by atoms with van der Waals surface area (Å²) < 4.78 is 5.09. The van der Waals surface area contributed by atoms with Gasteiger partial charge in [0, 0.05) is 6.42 Å². The average molecular weight is 186 g/mol. The predicted molar refractivity (Wildman–Crippen MR) is 53.5 cm³/mol. The predicted octanol–water partition coefficient (Wildman–Crippen LogP) is 2.30. The standard InChI is InChI=1S/C9H18O2Si/c1-5-7-9(10)11-8-12(3,4)6-2/h6H,2,5,7-8H2,1,3-4H3. The monoisotopic (exact) mass is 186 g/mol. The number of hydrogen-bond donors (Lipinski definition) is 0. The molecule has 0 amide bonds. The Morgan fingerprint density at radius 2 is 2.17 bits per heavy atom. The van der Waals surface area contributed by atoms with Crippen molar-refractivity contribution >= 4 is 14.0 Å². The molecule has 12 heavy (non-hydrogen) atoms. The molecule has 2 nitrogen and oxygen atoms in total. The lowest BCUT2D eigenvalue weighted by Gasteiger charge is -2.16. The van der Waals surface area contributed by atoms with Gasteiger partial charge in [0.2, 0.25) is 0 Å². The molecule has 0 aliphatic rings. The van der Waals surface area contributed by atoms with Crippen LogP contribution in [0.15, 0.2) is 12.3 Å². The van der Waals surface area contributed by atoms with E-state index in [-0.39, 0.29) is 5.97 Å². The van der Waals surface area contributed by atoms with Gasteiger partial charge in [-0.15, -0.1) is 6.58 Å². The second-order valence-corrected chi connectivity index (χ2v) is 8.28. The van der Waals surface area contributed by atoms with Crippen molar-refractivity contribution in [1.29, 1.82) is 0 Å². The number of carbonyl (C=O) groups is 1. The third kappa shape index (κ3) is 5.13. The van der Waals surface area contributed by atoms with Gasteiger partial charge in [-0.2, -0.15) is 0 Å². The van der Waals surface area contributed by atoms with Crippen molar-refractivity contribution < 1.29 is 9.53 Å². The Kier molecular flexibility index (Phi) is 4.89. The Labute approximate surface area is 75.6 Å². The minimum absolute atomic E-state index is 0.0834. The quantitative estimate of drug-likeness (QED) is 0.486. The van der Waals surface area contributed by atoms with E-state index in [4.69, 9.17) is 4.74 Å². The van der Waals surface area contributed by atoms with Crippen molar-refractivity contribution in [3.05, 3.63) is 12.3 Å². The van der Waals surface area contributed by atoms with Gasteiger partial charge in [-0.1, -0.05) is 25.7 Å². The van der Waals surface area contributed by atoms with Gasteiger partial charge in [-0.25, -0.2) is 0 Å². The van der Waals surface area contributed by atoms with Crippen molar-refractivity contribution in [1.82, 2.24) is 0 Å². The number of esters is 1. The van der Waals surface area contributed by atoms with E-state index in [1.807, 2.05) is 12.6 Å². The van der Waals surface area contributed by atoms with Crippen LogP contribution in [0.1, 0.15) is 19.8 Å². The van der Waals surface area contributed by atoms with E-state index in [0.717, 1.165) is 6.42 Å². The minimum Gasteiger partial charge on any atom is -0.469 e. The van der Waals surface area contributed by atoms with E-state index in [0.29, 0.717) is 12.7 Å². The smallest absolute Gasteiger partial charge is 0.305 e. The van der Waals surface area contributed by atoms with Crippen molar-refractivity contribution in [2.75, 3.05) is 6.23 Å². The fourth-order valence-corrected chi connectivity index (χ4v) is 1.25. The van der Waals surface area contributed by atoms with Gasteiger partial charge in [0.15, 0.2) is 0 Å². The zero-order valence-electron chi connectivity index (χ0n) is 8.22. The van der Waals surface area contributed by atoms with E-state index in [2.05, 4.69) is 19.7 Å². The normalized spacial score (nSPS) is 10.9. The van der Waals surface area contributed by atoms with Crippen LogP contribution in [0.3, 0.4) is 0 Å². The van der Waals surface area contributed by atoms with Crippen molar-refractivity contribution in [2.24, 2.45) is 0 Å². The second kappa shape index (κ2) is 5.14. The Bertz CT molecular complexity index is 164. The van der Waals surface area contributed by atoms with E-state index in [1.54, 1.807) is 0 Å². The Morgan fingerprint density at radius 3 is 2.58 bits per heavy atom. The lowest BCUT2D eigenvalue weighted by Crippen LogP contribution is -2.31. The SMILES string of the molecule is C=C[Si](C)(C)COC(=O)CCC. The summed E-state index contributed by atoms with van der Waals surface area (Å²) in [5.74, 6) is -0.0834. The van der Waals surface area contributed by atoms with E-state index in [9.17, 15) is 4.79 Å². The molecule has 3 heteroatoms. The first-order chi connectivity index (χ1) is 5.52. The molecule has 0 aliphatic heterocycles. The highest BCUT2D eigenvalue weighted by Gasteiger charge is 2.18. The van der Waals surface area contributed by atoms with Crippen molar-refractivity contribution in [3.8, 4) is 0 Å². The summed E-state index contributed by atoms with van der Waals surface area (Å²) >= 11 is 0. The maximum Gasteiger partial charge on any atom is 0.305 e. The molecule has 70 valence electrons. The lowest BCUT2D eigenvalue weighted by atomic mass is 10.3. The minimum atomic E-state index is -1.45. The zero-order valence-corrected chi connectivity index (χ0v) is 9.22. The molecule has 0 heterocycles. The number of ether oxygens (including phenoxy) is 1. The van der Waals surface area contributed by atoms with Crippen LogP contribution < -0.4 is 0 Å². The molecule has 0 N–H and O–H groups in total. The molecule has 0 aromatic carbocycles. The zero-order chi connectivity index (χ0) is 9.61. The van der Waals surface area contributed by atoms with Crippen molar-refractivity contribution in [3.63, 3.8) is 0 Å². The van der Waals surface area contributed by atoms with Crippen LogP contribution in [-0.4, -0.2) is 20.3 Å². The fraction of sp³-hybridized carbons (Fsp3) is 0.667. The lowest BCUT2D eigenvalue weighted by molar-refractivity contribution is -0.141. The maximum atomic E-state index is 11.0. The molecule has 0 unspecified atom stereocenters. The van der Waals surface area contributed by atoms with Crippen LogP contribution in [0.4, 0.5) is 0 Å². The molecule has 0 aliphatic carbocycles. The molecule has 0 aromatic rings. The van der Waals surface area contributed by atoms with Gasteiger partial charge in [0.25, 0.3) is 0 Å². The third-order valence-electron chi connectivity index (χ3n) is 1.61. The summed E-state index contributed by atoms with van der Waals surface area (Å²) in [6.45, 7) is 9.94. The van der Waals surface area contributed by atoms with Crippen LogP contribution in [0.5, 0.6) is 0 Å². The van der Waals surface area contributed by atoms with Gasteiger partial charge < -0.3 is 4.74 Å². The van der Waals surface area contributed by atoms with Gasteiger partial charge in [0.05, 0.1) is 6.23 Å². The molecule has 0 saturated carbocycles. The summed E-state index contributed by atoms with van der Waals surface area (Å²) in [5.41, 5.74) is 1.94. The molecule has 0 rings (SSSR count). The topological polar surface area (TPSA) is 26.3 Å². The second-order valence-electron chi connectivity index (χ2n) is 3.60. The summed E-state index contributed by atoms with van der Waals surface area (Å²) in [5, 5.41) is 0. The van der Waals surface area contributed by atoms with Crippen LogP contribution in [0.25, 0.3) is 0 Å². The summed E-state index contributed by atoms with van der Waals surface area (Å²) in [6.07, 6.45) is 1.95.